The van der Waals surface area contributed by atoms with Crippen molar-refractivity contribution in [1.29, 1.82) is 0 Å². The molecule has 0 aromatic heterocycles. The van der Waals surface area contributed by atoms with Crippen LogP contribution in [0.3, 0.4) is 0 Å². The fraction of sp³-hybridized carbons (Fsp3) is 0.973. The zero-order valence-electron chi connectivity index (χ0n) is 31.0. The molecule has 12 nitrogen and oxygen atoms in total. The van der Waals surface area contributed by atoms with Gasteiger partial charge >= 0.3 is 13.8 Å². The number of phosphoric acid groups is 1. The average Bonchev–Trinajstić information content (AvgIpc) is 3.10. The molecule has 0 radical (unpaired) electrons. The van der Waals surface area contributed by atoms with Gasteiger partial charge in [0.2, 0.25) is 0 Å². The van der Waals surface area contributed by atoms with Crippen LogP contribution in [0.2, 0.25) is 0 Å². The van der Waals surface area contributed by atoms with Gasteiger partial charge in [-0.15, -0.1) is 0 Å². The van der Waals surface area contributed by atoms with E-state index in [2.05, 4.69) is 16.0 Å². The van der Waals surface area contributed by atoms with E-state index in [0.29, 0.717) is 6.42 Å². The zero-order valence-corrected chi connectivity index (χ0v) is 31.9. The van der Waals surface area contributed by atoms with Crippen molar-refractivity contribution in [3.8, 4) is 0 Å². The molecule has 0 heterocycles. The van der Waals surface area contributed by atoms with Crippen molar-refractivity contribution in [2.24, 2.45) is 0 Å². The fourth-order valence-electron chi connectivity index (χ4n) is 6.40. The van der Waals surface area contributed by atoms with Crippen LogP contribution in [0.5, 0.6) is 0 Å². The minimum atomic E-state index is -4.99. The summed E-state index contributed by atoms with van der Waals surface area (Å²) in [4.78, 5) is 21.8. The lowest BCUT2D eigenvalue weighted by Gasteiger charge is -2.41. The Morgan fingerprint density at radius 1 is 0.540 bits per heavy atom. The molecule has 0 aromatic rings. The molecule has 0 spiro atoms. The number of ether oxygens (including phenoxy) is 1. The van der Waals surface area contributed by atoms with E-state index in [1.54, 1.807) is 0 Å². The van der Waals surface area contributed by atoms with Crippen LogP contribution in [0, 0.1) is 0 Å². The quantitative estimate of drug-likeness (QED) is 0.0223. The Hall–Kier alpha value is -0.660. The van der Waals surface area contributed by atoms with E-state index in [-0.39, 0.29) is 6.42 Å². The maximum Gasteiger partial charge on any atom is 0.472 e. The molecule has 0 saturated heterocycles. The Labute approximate surface area is 301 Å². The van der Waals surface area contributed by atoms with Crippen LogP contribution < -0.4 is 0 Å². The summed E-state index contributed by atoms with van der Waals surface area (Å²) in [6, 6.07) is 0. The monoisotopic (exact) mass is 740 g/mol. The lowest BCUT2D eigenvalue weighted by atomic mass is 9.85. The van der Waals surface area contributed by atoms with Crippen molar-refractivity contribution < 1.29 is 58.7 Å². The van der Waals surface area contributed by atoms with Gasteiger partial charge in [0.25, 0.3) is 0 Å². The Morgan fingerprint density at radius 3 is 1.22 bits per heavy atom. The zero-order chi connectivity index (χ0) is 37.0. The number of aliphatic hydroxyl groups is 6. The van der Waals surface area contributed by atoms with Crippen molar-refractivity contribution in [1.82, 2.24) is 0 Å². The van der Waals surface area contributed by atoms with Gasteiger partial charge in [0.1, 0.15) is 49.3 Å². The highest BCUT2D eigenvalue weighted by molar-refractivity contribution is 7.47. The topological polar surface area (TPSA) is 203 Å². The highest BCUT2D eigenvalue weighted by Gasteiger charge is 2.51. The largest absolute Gasteiger partial charge is 0.472 e. The average molecular weight is 741 g/mol. The highest BCUT2D eigenvalue weighted by Crippen LogP contribution is 2.47. The molecule has 0 aliphatic heterocycles. The lowest BCUT2D eigenvalue weighted by Crippen LogP contribution is -2.64. The van der Waals surface area contributed by atoms with Crippen LogP contribution in [-0.4, -0.2) is 97.4 Å². The van der Waals surface area contributed by atoms with E-state index in [1.165, 1.54) is 135 Å². The molecular weight excluding hydrogens is 667 g/mol. The first-order valence-corrected chi connectivity index (χ1v) is 21.4. The predicted octanol–water partition coefficient (Wildman–Crippen LogP) is 6.37. The number of hydrogen-bond donors (Lipinski definition) is 7. The first-order chi connectivity index (χ1) is 24.0. The number of carbonyl (C=O) groups excluding carboxylic acids is 1. The molecule has 0 aromatic carbocycles. The summed E-state index contributed by atoms with van der Waals surface area (Å²) in [5, 5.41) is 58.8. The molecule has 1 rings (SSSR count). The second kappa shape index (κ2) is 29.8. The van der Waals surface area contributed by atoms with Gasteiger partial charge in [-0.3, -0.25) is 13.8 Å². The summed E-state index contributed by atoms with van der Waals surface area (Å²) < 4.78 is 26.5. The number of unbranched alkanes of at least 4 members (excludes halogenated alkanes) is 24. The Bertz CT molecular complexity index is 848. The molecule has 8 atom stereocenters. The molecule has 6 unspecified atom stereocenters. The first-order valence-electron chi connectivity index (χ1n) is 19.9. The van der Waals surface area contributed by atoms with Crippen LogP contribution >= 0.6 is 7.82 Å². The van der Waals surface area contributed by atoms with Gasteiger partial charge in [-0.25, -0.2) is 4.57 Å². The molecule has 0 amide bonds. The van der Waals surface area contributed by atoms with E-state index in [1.807, 2.05) is 0 Å². The minimum absolute atomic E-state index is 0.197. The molecule has 1 aliphatic rings. The molecule has 1 aliphatic carbocycles. The number of aliphatic hydroxyl groups excluding tert-OH is 6. The Morgan fingerprint density at radius 2 is 0.860 bits per heavy atom. The molecular formula is C37H73O12P. The molecule has 7 N–H and O–H groups in total. The smallest absolute Gasteiger partial charge is 0.463 e. The standard InChI is InChI=1S/C37H73O12P/c1-2-3-4-5-6-7-8-9-10-11-12-13-14-15-16-17-18-19-20-21-22-23-24-25-26-27-31(39)47-28-30(38)29-48-50(45,46)49-37-35(43)33(41)32(40)34(42)36(37)44/h30,32-38,40-44H,2-29H2,1H3,(H,45,46)/t30-,32?,33+,34?,35?,36?,37?/m0/s1. The molecule has 298 valence electrons. The minimum Gasteiger partial charge on any atom is -0.463 e. The van der Waals surface area contributed by atoms with E-state index in [9.17, 15) is 44.9 Å². The van der Waals surface area contributed by atoms with Crippen molar-refractivity contribution in [2.45, 2.75) is 217 Å². The van der Waals surface area contributed by atoms with E-state index in [4.69, 9.17) is 4.74 Å². The number of hydrogen-bond acceptors (Lipinski definition) is 11. The Kier molecular flexibility index (Phi) is 28.2. The fourth-order valence-corrected chi connectivity index (χ4v) is 7.38. The van der Waals surface area contributed by atoms with Crippen LogP contribution in [-0.2, 0) is 23.1 Å². The number of phosphoric ester groups is 1. The van der Waals surface area contributed by atoms with Crippen LogP contribution in [0.25, 0.3) is 0 Å². The summed E-state index contributed by atoms with van der Waals surface area (Å²) in [5.41, 5.74) is 0. The number of carbonyl (C=O) groups is 1. The van der Waals surface area contributed by atoms with E-state index >= 15 is 0 Å². The first kappa shape index (κ1) is 47.4. The lowest BCUT2D eigenvalue weighted by molar-refractivity contribution is -0.220. The normalized spacial score (nSPS) is 24.2. The second-order valence-corrected chi connectivity index (χ2v) is 15.8. The maximum atomic E-state index is 12.2. The summed E-state index contributed by atoms with van der Waals surface area (Å²) in [6.07, 6.45) is 19.6. The van der Waals surface area contributed by atoms with Gasteiger partial charge in [-0.05, 0) is 6.42 Å². The number of rotatable bonds is 33. The predicted molar refractivity (Wildman–Crippen MR) is 193 cm³/mol. The molecule has 1 fully saturated rings. The van der Waals surface area contributed by atoms with E-state index < -0.39 is 69.7 Å². The molecule has 0 bridgehead atoms. The van der Waals surface area contributed by atoms with Crippen LogP contribution in [0.15, 0.2) is 0 Å². The van der Waals surface area contributed by atoms with Gasteiger partial charge in [-0.2, -0.15) is 0 Å². The molecule has 1 saturated carbocycles. The third-order valence-corrected chi connectivity index (χ3v) is 10.7. The SMILES string of the molecule is CCCCCCCCCCCCCCCCCCCCCCCCCCCC(=O)OC[C@H](O)COP(=O)(O)OC1C(O)C(O)C(O)[C@@H](O)C1O. The van der Waals surface area contributed by atoms with Gasteiger partial charge in [0.05, 0.1) is 6.61 Å². The summed E-state index contributed by atoms with van der Waals surface area (Å²) >= 11 is 0. The van der Waals surface area contributed by atoms with Gasteiger partial charge in [0.15, 0.2) is 0 Å². The highest BCUT2D eigenvalue weighted by atomic mass is 31.2. The third-order valence-electron chi connectivity index (χ3n) is 9.68. The van der Waals surface area contributed by atoms with Gasteiger partial charge < -0.3 is 40.3 Å². The second-order valence-electron chi connectivity index (χ2n) is 14.4. The van der Waals surface area contributed by atoms with Crippen LogP contribution in [0.4, 0.5) is 0 Å². The molecule has 50 heavy (non-hydrogen) atoms. The van der Waals surface area contributed by atoms with Gasteiger partial charge in [-0.1, -0.05) is 161 Å². The Balaban J connectivity index is 1.88. The molecule has 13 heteroatoms. The van der Waals surface area contributed by atoms with Gasteiger partial charge in [0, 0.05) is 6.42 Å². The summed E-state index contributed by atoms with van der Waals surface area (Å²) in [7, 11) is -4.99. The van der Waals surface area contributed by atoms with Crippen molar-refractivity contribution in [2.75, 3.05) is 13.2 Å². The van der Waals surface area contributed by atoms with Crippen molar-refractivity contribution in [3.63, 3.8) is 0 Å². The number of esters is 1. The summed E-state index contributed by atoms with van der Waals surface area (Å²) in [5.74, 6) is -0.503. The van der Waals surface area contributed by atoms with Crippen LogP contribution in [0.1, 0.15) is 174 Å². The third kappa shape index (κ3) is 23.1. The van der Waals surface area contributed by atoms with Crippen molar-refractivity contribution >= 4 is 13.8 Å². The summed E-state index contributed by atoms with van der Waals surface area (Å²) in [6.45, 7) is 1.03. The van der Waals surface area contributed by atoms with Crippen molar-refractivity contribution in [3.05, 3.63) is 0 Å². The van der Waals surface area contributed by atoms with E-state index in [0.717, 1.165) is 19.3 Å². The maximum absolute atomic E-state index is 12.2.